The molecular formula is C15H21NO2. The summed E-state index contributed by atoms with van der Waals surface area (Å²) >= 11 is 0. The Hall–Kier alpha value is -1.06. The van der Waals surface area contributed by atoms with Crippen LogP contribution in [0.2, 0.25) is 0 Å². The van der Waals surface area contributed by atoms with Gasteiger partial charge in [-0.15, -0.1) is 0 Å². The van der Waals surface area contributed by atoms with E-state index < -0.39 is 0 Å². The summed E-state index contributed by atoms with van der Waals surface area (Å²) in [5.41, 5.74) is 3.56. The van der Waals surface area contributed by atoms with Crippen molar-refractivity contribution in [3.63, 3.8) is 0 Å². The molecule has 0 aliphatic carbocycles. The zero-order chi connectivity index (χ0) is 12.4. The summed E-state index contributed by atoms with van der Waals surface area (Å²) in [6.45, 7) is 1.88. The molecule has 0 saturated carbocycles. The van der Waals surface area contributed by atoms with Gasteiger partial charge in [-0.25, -0.2) is 0 Å². The average molecular weight is 247 g/mol. The molecule has 98 valence electrons. The molecular weight excluding hydrogens is 226 g/mol. The third-order valence-corrected chi connectivity index (χ3v) is 4.02. The van der Waals surface area contributed by atoms with E-state index >= 15 is 0 Å². The summed E-state index contributed by atoms with van der Waals surface area (Å²) in [4.78, 5) is 0. The van der Waals surface area contributed by atoms with Gasteiger partial charge in [0.1, 0.15) is 0 Å². The zero-order valence-corrected chi connectivity index (χ0v) is 10.7. The molecule has 2 aliphatic rings. The lowest BCUT2D eigenvalue weighted by Gasteiger charge is -2.17. The van der Waals surface area contributed by atoms with Gasteiger partial charge in [-0.05, 0) is 37.7 Å². The van der Waals surface area contributed by atoms with E-state index in [2.05, 4.69) is 17.4 Å². The number of rotatable bonds is 4. The van der Waals surface area contributed by atoms with Crippen molar-refractivity contribution in [2.45, 2.75) is 44.3 Å². The molecule has 18 heavy (non-hydrogen) atoms. The smallest absolute Gasteiger partial charge is 0.0811 e. The quantitative estimate of drug-likeness (QED) is 0.859. The van der Waals surface area contributed by atoms with Crippen molar-refractivity contribution < 1.29 is 9.84 Å². The lowest BCUT2D eigenvalue weighted by molar-refractivity contribution is 0.0814. The van der Waals surface area contributed by atoms with Gasteiger partial charge in [0, 0.05) is 24.4 Å². The summed E-state index contributed by atoms with van der Waals surface area (Å²) in [6, 6.07) is 6.24. The SMILES string of the molecule is OC(CCC1CCCO1)c1cccc2c1NCC2. The highest BCUT2D eigenvalue weighted by Crippen LogP contribution is 2.33. The van der Waals surface area contributed by atoms with E-state index in [1.54, 1.807) is 0 Å². The van der Waals surface area contributed by atoms with Crippen LogP contribution in [-0.2, 0) is 11.2 Å². The van der Waals surface area contributed by atoms with E-state index in [0.29, 0.717) is 6.10 Å². The molecule has 3 rings (SSSR count). The standard InChI is InChI=1S/C15H21NO2/c17-14(7-6-12-4-2-10-18-12)13-5-1-3-11-8-9-16-15(11)13/h1,3,5,12,14,16-17H,2,4,6-10H2. The summed E-state index contributed by atoms with van der Waals surface area (Å²) in [6.07, 6.45) is 5.15. The molecule has 2 unspecified atom stereocenters. The molecule has 3 nitrogen and oxygen atoms in total. The molecule has 0 aromatic heterocycles. The van der Waals surface area contributed by atoms with Gasteiger partial charge in [0.15, 0.2) is 0 Å². The van der Waals surface area contributed by atoms with Gasteiger partial charge in [0.05, 0.1) is 12.2 Å². The van der Waals surface area contributed by atoms with Gasteiger partial charge in [-0.1, -0.05) is 18.2 Å². The Bertz CT molecular complexity index is 413. The fourth-order valence-electron chi connectivity index (χ4n) is 3.02. The lowest BCUT2D eigenvalue weighted by atomic mass is 9.98. The normalized spacial score (nSPS) is 23.7. The first-order valence-electron chi connectivity index (χ1n) is 7.00. The molecule has 2 heterocycles. The number of nitrogens with one attached hydrogen (secondary N) is 1. The van der Waals surface area contributed by atoms with Crippen LogP contribution >= 0.6 is 0 Å². The zero-order valence-electron chi connectivity index (χ0n) is 10.7. The number of hydrogen-bond acceptors (Lipinski definition) is 3. The Morgan fingerprint density at radius 1 is 1.44 bits per heavy atom. The summed E-state index contributed by atoms with van der Waals surface area (Å²) in [5, 5.41) is 13.7. The molecule has 1 fully saturated rings. The molecule has 0 amide bonds. The Balaban J connectivity index is 1.65. The second kappa shape index (κ2) is 5.29. The van der Waals surface area contributed by atoms with Crippen molar-refractivity contribution in [3.05, 3.63) is 29.3 Å². The number of ether oxygens (including phenoxy) is 1. The molecule has 1 aromatic rings. The Morgan fingerprint density at radius 3 is 3.22 bits per heavy atom. The van der Waals surface area contributed by atoms with E-state index in [1.165, 1.54) is 12.0 Å². The summed E-state index contributed by atoms with van der Waals surface area (Å²) < 4.78 is 5.61. The summed E-state index contributed by atoms with van der Waals surface area (Å²) in [7, 11) is 0. The Morgan fingerprint density at radius 2 is 2.39 bits per heavy atom. The van der Waals surface area contributed by atoms with Crippen molar-refractivity contribution in [1.82, 2.24) is 0 Å². The molecule has 3 heteroatoms. The third-order valence-electron chi connectivity index (χ3n) is 4.02. The van der Waals surface area contributed by atoms with Crippen LogP contribution in [0.25, 0.3) is 0 Å². The molecule has 1 saturated heterocycles. The van der Waals surface area contributed by atoms with Crippen molar-refractivity contribution in [1.29, 1.82) is 0 Å². The predicted octanol–water partition coefficient (Wildman–Crippen LogP) is 2.65. The second-order valence-corrected chi connectivity index (χ2v) is 5.29. The summed E-state index contributed by atoms with van der Waals surface area (Å²) in [5.74, 6) is 0. The number of benzene rings is 1. The highest BCUT2D eigenvalue weighted by molar-refractivity contribution is 5.61. The van der Waals surface area contributed by atoms with Crippen molar-refractivity contribution in [2.24, 2.45) is 0 Å². The maximum absolute atomic E-state index is 10.3. The van der Waals surface area contributed by atoms with Crippen molar-refractivity contribution in [3.8, 4) is 0 Å². The Kier molecular flexibility index (Phi) is 3.52. The van der Waals surface area contributed by atoms with E-state index in [0.717, 1.165) is 50.1 Å². The van der Waals surface area contributed by atoms with E-state index in [4.69, 9.17) is 4.74 Å². The van der Waals surface area contributed by atoms with Gasteiger partial charge < -0.3 is 15.2 Å². The number of hydrogen-bond donors (Lipinski definition) is 2. The molecule has 0 bridgehead atoms. The molecule has 0 spiro atoms. The first-order chi connectivity index (χ1) is 8.84. The van der Waals surface area contributed by atoms with Gasteiger partial charge in [0.25, 0.3) is 0 Å². The van der Waals surface area contributed by atoms with E-state index in [9.17, 15) is 5.11 Å². The molecule has 2 N–H and O–H groups in total. The molecule has 2 aliphatic heterocycles. The van der Waals surface area contributed by atoms with Crippen molar-refractivity contribution >= 4 is 5.69 Å². The minimum absolute atomic E-state index is 0.365. The van der Waals surface area contributed by atoms with Crippen LogP contribution in [0.3, 0.4) is 0 Å². The van der Waals surface area contributed by atoms with Gasteiger partial charge in [-0.3, -0.25) is 0 Å². The van der Waals surface area contributed by atoms with Crippen molar-refractivity contribution in [2.75, 3.05) is 18.5 Å². The lowest BCUT2D eigenvalue weighted by Crippen LogP contribution is -2.09. The number of para-hydroxylation sites is 1. The number of anilines is 1. The predicted molar refractivity (Wildman–Crippen MR) is 71.8 cm³/mol. The first kappa shape index (κ1) is 12.0. The maximum Gasteiger partial charge on any atom is 0.0811 e. The number of aliphatic hydroxyl groups is 1. The second-order valence-electron chi connectivity index (χ2n) is 5.29. The van der Waals surface area contributed by atoms with Gasteiger partial charge >= 0.3 is 0 Å². The van der Waals surface area contributed by atoms with Crippen LogP contribution in [-0.4, -0.2) is 24.4 Å². The van der Waals surface area contributed by atoms with Crippen LogP contribution < -0.4 is 5.32 Å². The van der Waals surface area contributed by atoms with Gasteiger partial charge in [-0.2, -0.15) is 0 Å². The van der Waals surface area contributed by atoms with Crippen LogP contribution in [0.4, 0.5) is 5.69 Å². The maximum atomic E-state index is 10.3. The number of aliphatic hydroxyl groups excluding tert-OH is 1. The fraction of sp³-hybridized carbons (Fsp3) is 0.600. The first-order valence-corrected chi connectivity index (χ1v) is 7.00. The minimum atomic E-state index is -0.366. The fourth-order valence-corrected chi connectivity index (χ4v) is 3.02. The van der Waals surface area contributed by atoms with Crippen LogP contribution in [0.5, 0.6) is 0 Å². The molecule has 2 atom stereocenters. The molecule has 0 radical (unpaired) electrons. The number of fused-ring (bicyclic) bond motifs is 1. The van der Waals surface area contributed by atoms with Crippen LogP contribution in [0, 0.1) is 0 Å². The largest absolute Gasteiger partial charge is 0.388 e. The highest BCUT2D eigenvalue weighted by atomic mass is 16.5. The van der Waals surface area contributed by atoms with E-state index in [-0.39, 0.29) is 6.10 Å². The van der Waals surface area contributed by atoms with Crippen LogP contribution in [0.1, 0.15) is 42.9 Å². The highest BCUT2D eigenvalue weighted by Gasteiger charge is 2.21. The molecule has 1 aromatic carbocycles. The topological polar surface area (TPSA) is 41.5 Å². The van der Waals surface area contributed by atoms with Crippen LogP contribution in [0.15, 0.2) is 18.2 Å². The average Bonchev–Trinajstić information content (AvgIpc) is 3.05. The van der Waals surface area contributed by atoms with Gasteiger partial charge in [0.2, 0.25) is 0 Å². The third kappa shape index (κ3) is 2.38. The van der Waals surface area contributed by atoms with E-state index in [1.807, 2.05) is 6.07 Å². The minimum Gasteiger partial charge on any atom is -0.388 e. The monoisotopic (exact) mass is 247 g/mol. The Labute approximate surface area is 108 Å².